The van der Waals surface area contributed by atoms with Crippen molar-refractivity contribution >= 4 is 35.0 Å². The maximum absolute atomic E-state index is 12.1. The average Bonchev–Trinajstić information content (AvgIpc) is 2.97. The molecule has 0 atom stereocenters. The van der Waals surface area contributed by atoms with E-state index < -0.39 is 0 Å². The highest BCUT2D eigenvalue weighted by atomic mass is 32.2. The Morgan fingerprint density at radius 2 is 2.21 bits per heavy atom. The molecule has 0 unspecified atom stereocenters. The summed E-state index contributed by atoms with van der Waals surface area (Å²) in [5.41, 5.74) is 1.69. The Bertz CT molecular complexity index is 586. The largest absolute Gasteiger partial charge is 0.496 e. The second-order valence-electron chi connectivity index (χ2n) is 3.82. The molecule has 1 aromatic heterocycles. The number of carbonyl (C=O) groups is 1. The number of methoxy groups -OCH3 is 1. The zero-order valence-corrected chi connectivity index (χ0v) is 12.4. The molecule has 0 amide bonds. The summed E-state index contributed by atoms with van der Waals surface area (Å²) < 4.78 is 5.28. The van der Waals surface area contributed by atoms with Gasteiger partial charge in [0.1, 0.15) is 5.75 Å². The van der Waals surface area contributed by atoms with E-state index in [9.17, 15) is 4.79 Å². The third-order valence-corrected chi connectivity index (χ3v) is 4.12. The highest BCUT2D eigenvalue weighted by Gasteiger charge is 2.07. The van der Waals surface area contributed by atoms with Gasteiger partial charge in [-0.15, -0.1) is 11.8 Å². The monoisotopic (exact) mass is 290 g/mol. The van der Waals surface area contributed by atoms with Gasteiger partial charge in [-0.25, -0.2) is 0 Å². The smallest absolute Gasteiger partial charge is 0.185 e. The van der Waals surface area contributed by atoms with Gasteiger partial charge in [-0.2, -0.15) is 11.3 Å². The first-order valence-corrected chi connectivity index (χ1v) is 7.88. The summed E-state index contributed by atoms with van der Waals surface area (Å²) in [6.07, 6.45) is 5.40. The van der Waals surface area contributed by atoms with E-state index in [2.05, 4.69) is 0 Å². The van der Waals surface area contributed by atoms with Gasteiger partial charge < -0.3 is 4.74 Å². The topological polar surface area (TPSA) is 26.3 Å². The molecular formula is C15H14O2S2. The van der Waals surface area contributed by atoms with Crippen LogP contribution in [0.3, 0.4) is 0 Å². The van der Waals surface area contributed by atoms with Gasteiger partial charge in [0.05, 0.1) is 7.11 Å². The average molecular weight is 290 g/mol. The molecule has 0 radical (unpaired) electrons. The van der Waals surface area contributed by atoms with Crippen molar-refractivity contribution in [2.45, 2.75) is 4.90 Å². The van der Waals surface area contributed by atoms with Crippen LogP contribution in [-0.2, 0) is 0 Å². The van der Waals surface area contributed by atoms with Gasteiger partial charge in [-0.05, 0) is 52.9 Å². The lowest BCUT2D eigenvalue weighted by molar-refractivity contribution is 0.104. The number of thiophene rings is 1. The summed E-state index contributed by atoms with van der Waals surface area (Å²) in [6.45, 7) is 0. The molecule has 98 valence electrons. The molecule has 2 nitrogen and oxygen atoms in total. The van der Waals surface area contributed by atoms with Crippen molar-refractivity contribution in [1.82, 2.24) is 0 Å². The number of thioether (sulfide) groups is 1. The molecule has 0 saturated heterocycles. The fraction of sp³-hybridized carbons (Fsp3) is 0.133. The van der Waals surface area contributed by atoms with E-state index >= 15 is 0 Å². The van der Waals surface area contributed by atoms with E-state index in [1.54, 1.807) is 42.4 Å². The molecule has 0 aliphatic heterocycles. The van der Waals surface area contributed by atoms with Crippen molar-refractivity contribution in [3.8, 4) is 5.75 Å². The molecule has 0 N–H and O–H groups in total. The highest BCUT2D eigenvalue weighted by molar-refractivity contribution is 7.98. The van der Waals surface area contributed by atoms with Crippen LogP contribution in [0.25, 0.3) is 6.08 Å². The van der Waals surface area contributed by atoms with E-state index in [0.29, 0.717) is 5.56 Å². The Hall–Kier alpha value is -1.52. The van der Waals surface area contributed by atoms with Crippen LogP contribution in [0.2, 0.25) is 0 Å². The normalized spacial score (nSPS) is 10.8. The zero-order valence-electron chi connectivity index (χ0n) is 10.8. The predicted octanol–water partition coefficient (Wildman–Crippen LogP) is 4.37. The fourth-order valence-electron chi connectivity index (χ4n) is 1.63. The van der Waals surface area contributed by atoms with Crippen LogP contribution in [0, 0.1) is 0 Å². The molecule has 0 aliphatic carbocycles. The lowest BCUT2D eigenvalue weighted by atomic mass is 10.1. The van der Waals surface area contributed by atoms with Crippen molar-refractivity contribution < 1.29 is 9.53 Å². The van der Waals surface area contributed by atoms with Crippen LogP contribution in [-0.4, -0.2) is 19.1 Å². The zero-order chi connectivity index (χ0) is 13.7. The molecule has 0 aliphatic rings. The van der Waals surface area contributed by atoms with Crippen molar-refractivity contribution in [2.75, 3.05) is 13.4 Å². The molecule has 2 rings (SSSR count). The van der Waals surface area contributed by atoms with Gasteiger partial charge in [0.15, 0.2) is 5.78 Å². The number of ketones is 1. The lowest BCUT2D eigenvalue weighted by Gasteiger charge is -2.07. The van der Waals surface area contributed by atoms with Gasteiger partial charge in [0.2, 0.25) is 0 Å². The van der Waals surface area contributed by atoms with Crippen molar-refractivity contribution in [3.05, 3.63) is 52.2 Å². The number of ether oxygens (including phenoxy) is 1. The molecule has 2 aromatic rings. The first-order valence-electron chi connectivity index (χ1n) is 5.71. The summed E-state index contributed by atoms with van der Waals surface area (Å²) in [5.74, 6) is 0.722. The van der Waals surface area contributed by atoms with Crippen molar-refractivity contribution in [2.24, 2.45) is 0 Å². The molecule has 0 fully saturated rings. The maximum atomic E-state index is 12.1. The summed E-state index contributed by atoms with van der Waals surface area (Å²) >= 11 is 3.21. The molecule has 0 bridgehead atoms. The SMILES string of the molecule is COc1cc(C(=O)/C=C/c2ccsc2)ccc1SC. The summed E-state index contributed by atoms with van der Waals surface area (Å²) in [6, 6.07) is 7.50. The minimum atomic E-state index is -0.0165. The Balaban J connectivity index is 2.19. The van der Waals surface area contributed by atoms with E-state index in [-0.39, 0.29) is 5.78 Å². The second kappa shape index (κ2) is 6.59. The van der Waals surface area contributed by atoms with Crippen LogP contribution < -0.4 is 4.74 Å². The maximum Gasteiger partial charge on any atom is 0.185 e. The van der Waals surface area contributed by atoms with Gasteiger partial charge in [-0.1, -0.05) is 6.08 Å². The Kier molecular flexibility index (Phi) is 4.82. The molecule has 1 heterocycles. The number of hydrogen-bond acceptors (Lipinski definition) is 4. The van der Waals surface area contributed by atoms with Gasteiger partial charge >= 0.3 is 0 Å². The molecule has 1 aromatic carbocycles. The number of rotatable bonds is 5. The summed E-state index contributed by atoms with van der Waals surface area (Å²) in [7, 11) is 1.62. The summed E-state index contributed by atoms with van der Waals surface area (Å²) in [4.78, 5) is 13.1. The Labute approximate surface area is 121 Å². The number of allylic oxidation sites excluding steroid dienone is 1. The quantitative estimate of drug-likeness (QED) is 0.464. The van der Waals surface area contributed by atoms with Crippen LogP contribution in [0.15, 0.2) is 46.0 Å². The van der Waals surface area contributed by atoms with Crippen LogP contribution in [0.4, 0.5) is 0 Å². The highest BCUT2D eigenvalue weighted by Crippen LogP contribution is 2.28. The molecule has 19 heavy (non-hydrogen) atoms. The third-order valence-electron chi connectivity index (χ3n) is 2.64. The second-order valence-corrected chi connectivity index (χ2v) is 5.45. The number of benzene rings is 1. The van der Waals surface area contributed by atoms with E-state index in [0.717, 1.165) is 16.2 Å². The number of carbonyl (C=O) groups excluding carboxylic acids is 1. The first-order chi connectivity index (χ1) is 9.24. The van der Waals surface area contributed by atoms with Crippen LogP contribution in [0.5, 0.6) is 5.75 Å². The molecular weight excluding hydrogens is 276 g/mol. The van der Waals surface area contributed by atoms with Gasteiger partial charge in [0, 0.05) is 10.5 Å². The van der Waals surface area contributed by atoms with Crippen molar-refractivity contribution in [3.63, 3.8) is 0 Å². The Morgan fingerprint density at radius 1 is 1.37 bits per heavy atom. The Morgan fingerprint density at radius 3 is 2.84 bits per heavy atom. The predicted molar refractivity (Wildman–Crippen MR) is 82.5 cm³/mol. The fourth-order valence-corrected chi connectivity index (χ4v) is 2.80. The number of hydrogen-bond donors (Lipinski definition) is 0. The van der Waals surface area contributed by atoms with E-state index in [4.69, 9.17) is 4.74 Å². The van der Waals surface area contributed by atoms with Crippen molar-refractivity contribution in [1.29, 1.82) is 0 Å². The molecule has 0 saturated carbocycles. The van der Waals surface area contributed by atoms with Crippen LogP contribution >= 0.6 is 23.1 Å². The standard InChI is InChI=1S/C15H14O2S2/c1-17-14-9-12(4-6-15(14)18-2)13(16)5-3-11-7-8-19-10-11/h3-10H,1-2H3/b5-3+. The van der Waals surface area contributed by atoms with Gasteiger partial charge in [-0.3, -0.25) is 4.79 Å². The summed E-state index contributed by atoms with van der Waals surface area (Å²) in [5, 5.41) is 3.99. The van der Waals surface area contributed by atoms with Crippen LogP contribution in [0.1, 0.15) is 15.9 Å². The third kappa shape index (κ3) is 3.49. The molecule has 4 heteroatoms. The molecule has 0 spiro atoms. The lowest BCUT2D eigenvalue weighted by Crippen LogP contribution is -1.96. The minimum absolute atomic E-state index is 0.0165. The van der Waals surface area contributed by atoms with E-state index in [1.165, 1.54) is 0 Å². The van der Waals surface area contributed by atoms with Gasteiger partial charge in [0.25, 0.3) is 0 Å². The first kappa shape index (κ1) is 13.9. The minimum Gasteiger partial charge on any atom is -0.496 e. The van der Waals surface area contributed by atoms with E-state index in [1.807, 2.05) is 41.3 Å².